The Labute approximate surface area is 127 Å². The summed E-state index contributed by atoms with van der Waals surface area (Å²) >= 11 is 1.45. The van der Waals surface area contributed by atoms with Crippen LogP contribution >= 0.6 is 11.3 Å². The van der Waals surface area contributed by atoms with Gasteiger partial charge in [-0.05, 0) is 19.3 Å². The van der Waals surface area contributed by atoms with Gasteiger partial charge in [-0.1, -0.05) is 11.3 Å². The molecule has 1 aliphatic carbocycles. The molecule has 1 saturated heterocycles. The number of carbonyl (C=O) groups excluding carboxylic acids is 2. The zero-order chi connectivity index (χ0) is 14.8. The molecule has 1 aromatic rings. The van der Waals surface area contributed by atoms with Gasteiger partial charge in [-0.15, -0.1) is 10.2 Å². The van der Waals surface area contributed by atoms with E-state index in [0.717, 1.165) is 18.0 Å². The lowest BCUT2D eigenvalue weighted by Gasteiger charge is -2.21. The van der Waals surface area contributed by atoms with Crippen molar-refractivity contribution in [3.8, 4) is 0 Å². The smallest absolute Gasteiger partial charge is 0.323 e. The van der Waals surface area contributed by atoms with Crippen LogP contribution in [0.4, 0.5) is 9.93 Å². The van der Waals surface area contributed by atoms with Crippen LogP contribution in [-0.2, 0) is 4.79 Å². The molecule has 8 heteroatoms. The fourth-order valence-electron chi connectivity index (χ4n) is 2.28. The monoisotopic (exact) mass is 309 g/mol. The van der Waals surface area contributed by atoms with Crippen LogP contribution in [0.2, 0.25) is 0 Å². The van der Waals surface area contributed by atoms with Crippen LogP contribution in [0.5, 0.6) is 0 Å². The predicted molar refractivity (Wildman–Crippen MR) is 79.3 cm³/mol. The van der Waals surface area contributed by atoms with Crippen LogP contribution in [0.15, 0.2) is 0 Å². The Kier molecular flexibility index (Phi) is 4.05. The molecular weight excluding hydrogens is 290 g/mol. The molecule has 21 heavy (non-hydrogen) atoms. The van der Waals surface area contributed by atoms with Crippen molar-refractivity contribution in [3.05, 3.63) is 5.01 Å². The number of nitrogens with one attached hydrogen (secondary N) is 1. The third-order valence-electron chi connectivity index (χ3n) is 3.80. The van der Waals surface area contributed by atoms with E-state index in [9.17, 15) is 9.59 Å². The van der Waals surface area contributed by atoms with Crippen LogP contribution in [0.3, 0.4) is 0 Å². The first-order valence-corrected chi connectivity index (χ1v) is 8.08. The second-order valence-electron chi connectivity index (χ2n) is 5.56. The summed E-state index contributed by atoms with van der Waals surface area (Å²) in [5.74, 6) is 0.731. The molecule has 7 nitrogen and oxygen atoms in total. The highest BCUT2D eigenvalue weighted by Crippen LogP contribution is 2.42. The number of likely N-dealkylation sites (N-methyl/N-ethyl adjacent to an activating group) is 1. The highest BCUT2D eigenvalue weighted by atomic mass is 32.1. The summed E-state index contributed by atoms with van der Waals surface area (Å²) in [6, 6.07) is -0.208. The Morgan fingerprint density at radius 2 is 2.29 bits per heavy atom. The van der Waals surface area contributed by atoms with Crippen LogP contribution in [-0.4, -0.2) is 58.6 Å². The molecule has 2 fully saturated rings. The van der Waals surface area contributed by atoms with Crippen molar-refractivity contribution in [1.82, 2.24) is 20.0 Å². The van der Waals surface area contributed by atoms with Gasteiger partial charge in [0.25, 0.3) is 0 Å². The van der Waals surface area contributed by atoms with Gasteiger partial charge in [0.1, 0.15) is 5.01 Å². The molecule has 3 amide bonds. The quantitative estimate of drug-likeness (QED) is 0.894. The normalized spacial score (nSPS) is 18.1. The molecule has 114 valence electrons. The summed E-state index contributed by atoms with van der Waals surface area (Å²) in [6.07, 6.45) is 3.90. The molecule has 1 aromatic heterocycles. The van der Waals surface area contributed by atoms with Crippen molar-refractivity contribution in [1.29, 1.82) is 0 Å². The highest BCUT2D eigenvalue weighted by Gasteiger charge is 2.28. The van der Waals surface area contributed by atoms with Gasteiger partial charge >= 0.3 is 6.03 Å². The summed E-state index contributed by atoms with van der Waals surface area (Å²) in [7, 11) is 1.72. The number of aromatic nitrogens is 2. The number of anilines is 1. The van der Waals surface area contributed by atoms with Gasteiger partial charge in [0.05, 0.1) is 0 Å². The zero-order valence-electron chi connectivity index (χ0n) is 12.0. The van der Waals surface area contributed by atoms with Crippen LogP contribution in [0.25, 0.3) is 0 Å². The minimum Gasteiger partial charge on any atom is -0.341 e. The van der Waals surface area contributed by atoms with Crippen molar-refractivity contribution in [3.63, 3.8) is 0 Å². The van der Waals surface area contributed by atoms with E-state index in [-0.39, 0.29) is 11.9 Å². The molecule has 0 bridgehead atoms. The fraction of sp³-hybridized carbons (Fsp3) is 0.692. The van der Waals surface area contributed by atoms with E-state index in [2.05, 4.69) is 15.5 Å². The van der Waals surface area contributed by atoms with Crippen molar-refractivity contribution in [2.75, 3.05) is 32.0 Å². The van der Waals surface area contributed by atoms with Gasteiger partial charge in [0.2, 0.25) is 11.0 Å². The molecule has 3 rings (SSSR count). The third kappa shape index (κ3) is 3.49. The number of hydrogen-bond donors (Lipinski definition) is 1. The highest BCUT2D eigenvalue weighted by molar-refractivity contribution is 7.15. The van der Waals surface area contributed by atoms with E-state index in [1.54, 1.807) is 16.8 Å². The second kappa shape index (κ2) is 5.97. The lowest BCUT2D eigenvalue weighted by atomic mass is 10.4. The Morgan fingerprint density at radius 3 is 2.95 bits per heavy atom. The summed E-state index contributed by atoms with van der Waals surface area (Å²) in [6.45, 7) is 1.91. The molecular formula is C13H19N5O2S. The molecule has 0 radical (unpaired) electrons. The van der Waals surface area contributed by atoms with Gasteiger partial charge in [0.15, 0.2) is 0 Å². The molecule has 1 aliphatic heterocycles. The molecule has 2 aliphatic rings. The van der Waals surface area contributed by atoms with Crippen molar-refractivity contribution >= 4 is 28.4 Å². The Balaban J connectivity index is 1.46. The molecule has 0 spiro atoms. The zero-order valence-corrected chi connectivity index (χ0v) is 12.9. The summed E-state index contributed by atoms with van der Waals surface area (Å²) in [5.41, 5.74) is 0. The lowest BCUT2D eigenvalue weighted by Crippen LogP contribution is -2.38. The van der Waals surface area contributed by atoms with Gasteiger partial charge in [0, 0.05) is 39.0 Å². The minimum atomic E-state index is -0.208. The van der Waals surface area contributed by atoms with Crippen LogP contribution in [0.1, 0.15) is 36.6 Å². The number of likely N-dealkylation sites (tertiary alicyclic amines) is 1. The van der Waals surface area contributed by atoms with Crippen molar-refractivity contribution in [2.45, 2.75) is 31.6 Å². The van der Waals surface area contributed by atoms with E-state index in [0.29, 0.717) is 30.6 Å². The maximum Gasteiger partial charge on any atom is 0.323 e. The second-order valence-corrected chi connectivity index (χ2v) is 6.56. The van der Waals surface area contributed by atoms with Crippen LogP contribution in [0, 0.1) is 0 Å². The molecule has 0 aromatic carbocycles. The number of hydrogen-bond acceptors (Lipinski definition) is 5. The fourth-order valence-corrected chi connectivity index (χ4v) is 3.18. The first-order chi connectivity index (χ1) is 10.1. The van der Waals surface area contributed by atoms with E-state index >= 15 is 0 Å². The van der Waals surface area contributed by atoms with E-state index < -0.39 is 0 Å². The maximum absolute atomic E-state index is 12.0. The molecule has 1 N–H and O–H groups in total. The van der Waals surface area contributed by atoms with Crippen molar-refractivity contribution in [2.24, 2.45) is 0 Å². The van der Waals surface area contributed by atoms with Gasteiger partial charge < -0.3 is 9.80 Å². The molecule has 0 atom stereocenters. The summed E-state index contributed by atoms with van der Waals surface area (Å²) < 4.78 is 0. The number of urea groups is 1. The average molecular weight is 309 g/mol. The summed E-state index contributed by atoms with van der Waals surface area (Å²) in [5, 5.41) is 12.4. The number of rotatable bonds is 5. The van der Waals surface area contributed by atoms with Crippen molar-refractivity contribution < 1.29 is 9.59 Å². The summed E-state index contributed by atoms with van der Waals surface area (Å²) in [4.78, 5) is 26.9. The first kappa shape index (κ1) is 14.2. The number of amides is 3. The third-order valence-corrected chi connectivity index (χ3v) is 4.81. The van der Waals surface area contributed by atoms with Gasteiger partial charge in [-0.2, -0.15) is 0 Å². The Bertz CT molecular complexity index is 542. The Hall–Kier alpha value is -1.70. The molecule has 1 saturated carbocycles. The van der Waals surface area contributed by atoms with E-state index in [1.807, 2.05) is 0 Å². The molecule has 0 unspecified atom stereocenters. The number of carbonyl (C=O) groups is 2. The maximum atomic E-state index is 12.0. The average Bonchev–Trinajstić information content (AvgIpc) is 3.08. The van der Waals surface area contributed by atoms with E-state index in [1.165, 1.54) is 24.2 Å². The lowest BCUT2D eigenvalue weighted by molar-refractivity contribution is -0.127. The van der Waals surface area contributed by atoms with Crippen LogP contribution < -0.4 is 5.32 Å². The minimum absolute atomic E-state index is 0.182. The predicted octanol–water partition coefficient (Wildman–Crippen LogP) is 1.50. The standard InChI is InChI=1S/C13H19N5O2S/c1-17(7-8-18-6-2-3-10(18)19)13(20)14-12-16-15-11(21-12)9-4-5-9/h9H,2-8H2,1H3,(H,14,16,20). The van der Waals surface area contributed by atoms with E-state index in [4.69, 9.17) is 0 Å². The van der Waals surface area contributed by atoms with Gasteiger partial charge in [-0.3, -0.25) is 10.1 Å². The molecule has 2 heterocycles. The Morgan fingerprint density at radius 1 is 1.48 bits per heavy atom. The largest absolute Gasteiger partial charge is 0.341 e. The topological polar surface area (TPSA) is 78.4 Å². The van der Waals surface area contributed by atoms with Gasteiger partial charge in [-0.25, -0.2) is 4.79 Å². The number of nitrogens with zero attached hydrogens (tertiary/aromatic N) is 4. The first-order valence-electron chi connectivity index (χ1n) is 7.27. The SMILES string of the molecule is CN(CCN1CCCC1=O)C(=O)Nc1nnc(C2CC2)s1.